The number of hydrogen-bond acceptors (Lipinski definition) is 6. The topological polar surface area (TPSA) is 89.9 Å². The molecule has 0 aromatic rings. The van der Waals surface area contributed by atoms with Gasteiger partial charge in [-0.2, -0.15) is 0 Å². The molecule has 5 aliphatic carbocycles. The highest BCUT2D eigenvalue weighted by atomic mass is 16.5. The van der Waals surface area contributed by atoms with Crippen LogP contribution >= 0.6 is 0 Å². The Labute approximate surface area is 234 Å². The lowest BCUT2D eigenvalue weighted by Crippen LogP contribution is -2.66. The normalized spacial score (nSPS) is 50.9. The van der Waals surface area contributed by atoms with Crippen molar-refractivity contribution in [2.24, 2.45) is 56.7 Å². The summed E-state index contributed by atoms with van der Waals surface area (Å²) < 4.78 is 11.2. The van der Waals surface area contributed by atoms with Crippen LogP contribution in [0.2, 0.25) is 0 Å². The van der Waals surface area contributed by atoms with Crippen molar-refractivity contribution in [2.45, 2.75) is 106 Å². The summed E-state index contributed by atoms with van der Waals surface area (Å²) in [5, 5.41) is 10.4. The van der Waals surface area contributed by atoms with Gasteiger partial charge in [0, 0.05) is 18.8 Å². The molecule has 6 nitrogen and oxygen atoms in total. The van der Waals surface area contributed by atoms with Gasteiger partial charge in [-0.15, -0.1) is 0 Å². The third kappa shape index (κ3) is 3.64. The Morgan fingerprint density at radius 2 is 1.72 bits per heavy atom. The summed E-state index contributed by atoms with van der Waals surface area (Å²) in [5.41, 5.74) is 0.516. The summed E-state index contributed by atoms with van der Waals surface area (Å²) in [6.07, 6.45) is 9.01. The maximum Gasteiger partial charge on any atom is 0.309 e. The fraction of sp³-hybridized carbons (Fsp3) is 0.848. The van der Waals surface area contributed by atoms with Crippen LogP contribution < -0.4 is 0 Å². The summed E-state index contributed by atoms with van der Waals surface area (Å²) in [7, 11) is 1.45. The molecule has 0 amide bonds. The molecule has 0 aromatic heterocycles. The largest absolute Gasteiger partial charge is 0.469 e. The molecule has 0 aromatic carbocycles. The second-order valence-electron chi connectivity index (χ2n) is 15.1. The number of methoxy groups -OCH3 is 1. The fourth-order valence-electron chi connectivity index (χ4n) is 11.3. The Hall–Kier alpha value is -1.69. The van der Waals surface area contributed by atoms with Crippen molar-refractivity contribution in [3.8, 4) is 0 Å². The summed E-state index contributed by atoms with van der Waals surface area (Å²) in [4.78, 5) is 38.3. The molecule has 0 bridgehead atoms. The predicted octanol–water partition coefficient (Wildman–Crippen LogP) is 5.90. The number of carbonyl (C=O) groups excluding carboxylic acids is 3. The van der Waals surface area contributed by atoms with E-state index < -0.39 is 5.41 Å². The maximum absolute atomic E-state index is 13.1. The third-order valence-corrected chi connectivity index (χ3v) is 13.8. The van der Waals surface area contributed by atoms with Gasteiger partial charge in [0.25, 0.3) is 0 Å². The fourth-order valence-corrected chi connectivity index (χ4v) is 11.3. The first kappa shape index (κ1) is 28.8. The summed E-state index contributed by atoms with van der Waals surface area (Å²) >= 11 is 0. The third-order valence-electron chi connectivity index (χ3n) is 13.8. The highest BCUT2D eigenvalue weighted by Crippen LogP contribution is 2.75. The number of ketones is 1. The van der Waals surface area contributed by atoms with Crippen molar-refractivity contribution >= 4 is 17.7 Å². The van der Waals surface area contributed by atoms with Gasteiger partial charge in [-0.05, 0) is 84.9 Å². The standard InChI is InChI=1S/C33H50O6/c1-19-21(28(37)38-8)17-26(39-20(2)35)30(4)15-16-32(6)22(27(19)30)9-10-24-29(3)13-12-25(36)31(5,18-34)23(29)11-14-33(24,32)7/h9,19,21,23-24,26-27,34H,10-18H2,1-8H3. The van der Waals surface area contributed by atoms with E-state index in [9.17, 15) is 19.5 Å². The van der Waals surface area contributed by atoms with Crippen LogP contribution in [0.1, 0.15) is 99.8 Å². The zero-order valence-electron chi connectivity index (χ0n) is 25.4. The molecule has 4 saturated carbocycles. The van der Waals surface area contributed by atoms with Crippen LogP contribution in [-0.2, 0) is 23.9 Å². The Kier molecular flexibility index (Phi) is 6.77. The van der Waals surface area contributed by atoms with Gasteiger partial charge in [-0.1, -0.05) is 53.2 Å². The molecule has 39 heavy (non-hydrogen) atoms. The van der Waals surface area contributed by atoms with Crippen LogP contribution in [0.3, 0.4) is 0 Å². The van der Waals surface area contributed by atoms with Crippen LogP contribution in [0.5, 0.6) is 0 Å². The number of esters is 2. The number of Topliss-reactive ketones (excluding diaryl/α,β-unsaturated/α-hetero) is 1. The van der Waals surface area contributed by atoms with Gasteiger partial charge >= 0.3 is 11.9 Å². The average molecular weight is 543 g/mol. The van der Waals surface area contributed by atoms with Gasteiger partial charge in [-0.25, -0.2) is 0 Å². The zero-order chi connectivity index (χ0) is 28.8. The molecule has 0 spiro atoms. The lowest BCUT2D eigenvalue weighted by atomic mass is 9.33. The van der Waals surface area contributed by atoms with Crippen LogP contribution in [-0.4, -0.2) is 42.6 Å². The number of ether oxygens (including phenoxy) is 2. The predicted molar refractivity (Wildman–Crippen MR) is 148 cm³/mol. The minimum atomic E-state index is -0.659. The average Bonchev–Trinajstić information content (AvgIpc) is 2.88. The number of carbonyl (C=O) groups is 3. The molecule has 0 aliphatic heterocycles. The number of aliphatic hydroxyl groups excluding tert-OH is 1. The molecule has 0 saturated heterocycles. The molecular weight excluding hydrogens is 492 g/mol. The monoisotopic (exact) mass is 542 g/mol. The Morgan fingerprint density at radius 1 is 1.03 bits per heavy atom. The first-order valence-corrected chi connectivity index (χ1v) is 15.2. The van der Waals surface area contributed by atoms with E-state index in [-0.39, 0.29) is 75.8 Å². The Balaban J connectivity index is 1.60. The highest BCUT2D eigenvalue weighted by molar-refractivity contribution is 5.86. The van der Waals surface area contributed by atoms with E-state index in [2.05, 4.69) is 40.7 Å². The summed E-state index contributed by atoms with van der Waals surface area (Å²) in [5.74, 6) is 0.222. The molecule has 5 aliphatic rings. The van der Waals surface area contributed by atoms with Crippen molar-refractivity contribution in [2.75, 3.05) is 13.7 Å². The van der Waals surface area contributed by atoms with Crippen LogP contribution in [0.25, 0.3) is 0 Å². The van der Waals surface area contributed by atoms with Gasteiger partial charge in [-0.3, -0.25) is 14.4 Å². The van der Waals surface area contributed by atoms with Crippen LogP contribution in [0.15, 0.2) is 11.6 Å². The van der Waals surface area contributed by atoms with E-state index in [4.69, 9.17) is 9.47 Å². The van der Waals surface area contributed by atoms with Crippen molar-refractivity contribution < 1.29 is 29.0 Å². The minimum absolute atomic E-state index is 0.0167. The highest BCUT2D eigenvalue weighted by Gasteiger charge is 2.70. The van der Waals surface area contributed by atoms with Gasteiger partial charge in [0.05, 0.1) is 25.0 Å². The summed E-state index contributed by atoms with van der Waals surface area (Å²) in [6, 6.07) is 0. The van der Waals surface area contributed by atoms with Crippen LogP contribution in [0.4, 0.5) is 0 Å². The molecule has 0 radical (unpaired) electrons. The molecule has 0 heterocycles. The number of allylic oxidation sites excluding steroid dienone is 2. The molecule has 4 fully saturated rings. The number of aliphatic hydroxyl groups is 1. The number of hydrogen-bond donors (Lipinski definition) is 1. The first-order chi connectivity index (χ1) is 18.1. The zero-order valence-corrected chi connectivity index (χ0v) is 25.4. The van der Waals surface area contributed by atoms with Crippen LogP contribution in [0, 0.1) is 56.7 Å². The SMILES string of the molecule is COC(=O)C1CC(OC(C)=O)C2(C)CCC3(C)C(=CCC4C5(C)CCC(=O)C(C)(CO)C5CCC43C)C2C1C. The van der Waals surface area contributed by atoms with Gasteiger partial charge in [0.15, 0.2) is 0 Å². The van der Waals surface area contributed by atoms with E-state index in [1.165, 1.54) is 19.6 Å². The molecule has 11 unspecified atom stereocenters. The molecular formula is C33H50O6. The second kappa shape index (κ2) is 9.16. The van der Waals surface area contributed by atoms with E-state index in [1.54, 1.807) is 0 Å². The molecule has 218 valence electrons. The van der Waals surface area contributed by atoms with E-state index >= 15 is 0 Å². The smallest absolute Gasteiger partial charge is 0.309 e. The van der Waals surface area contributed by atoms with E-state index in [1.807, 2.05) is 6.92 Å². The lowest BCUT2D eigenvalue weighted by molar-refractivity contribution is -0.204. The number of fused-ring (bicyclic) bond motifs is 7. The van der Waals surface area contributed by atoms with Gasteiger partial charge in [0.1, 0.15) is 11.9 Å². The quantitative estimate of drug-likeness (QED) is 0.353. The Morgan fingerprint density at radius 3 is 2.33 bits per heavy atom. The van der Waals surface area contributed by atoms with Crippen molar-refractivity contribution in [3.05, 3.63) is 11.6 Å². The number of rotatable bonds is 3. The first-order valence-electron chi connectivity index (χ1n) is 15.2. The molecule has 6 heteroatoms. The minimum Gasteiger partial charge on any atom is -0.469 e. The molecule has 1 N–H and O–H groups in total. The maximum atomic E-state index is 13.1. The molecule has 5 rings (SSSR count). The van der Waals surface area contributed by atoms with Gasteiger partial charge < -0.3 is 14.6 Å². The lowest BCUT2D eigenvalue weighted by Gasteiger charge is -2.71. The van der Waals surface area contributed by atoms with Crippen molar-refractivity contribution in [3.63, 3.8) is 0 Å². The summed E-state index contributed by atoms with van der Waals surface area (Å²) in [6.45, 7) is 15.2. The Bertz CT molecular complexity index is 1100. The van der Waals surface area contributed by atoms with Crippen molar-refractivity contribution in [1.82, 2.24) is 0 Å². The van der Waals surface area contributed by atoms with E-state index in [0.29, 0.717) is 18.8 Å². The molecule has 11 atom stereocenters. The second-order valence-corrected chi connectivity index (χ2v) is 15.1. The van der Waals surface area contributed by atoms with Gasteiger partial charge in [0.2, 0.25) is 0 Å². The van der Waals surface area contributed by atoms with Crippen molar-refractivity contribution in [1.29, 1.82) is 0 Å². The van der Waals surface area contributed by atoms with E-state index in [0.717, 1.165) is 38.5 Å².